The number of rotatable bonds is 6. The normalized spacial score (nSPS) is 28.5. The zero-order valence-corrected chi connectivity index (χ0v) is 21.0. The van der Waals surface area contributed by atoms with Gasteiger partial charge >= 0.3 is 0 Å². The summed E-state index contributed by atoms with van der Waals surface area (Å²) in [5.74, 6) is 0.616. The highest BCUT2D eigenvalue weighted by Gasteiger charge is 2.48. The van der Waals surface area contributed by atoms with Gasteiger partial charge in [-0.2, -0.15) is 0 Å². The van der Waals surface area contributed by atoms with Crippen molar-refractivity contribution in [2.75, 3.05) is 20.1 Å². The standard InChI is InChI=1S/C27H40N4O3/c1-19-9-11-20(12-10-19)28-26(33)27(2)18-30-22-13-16-34-24(22)17-23(30)25(32)31(27)15-14-29(3)21-7-5-4-6-8-21/h13,16-17,19-21H,4-12,14-15,18H2,1-3H3,(H,28,33). The van der Waals surface area contributed by atoms with Gasteiger partial charge in [-0.1, -0.05) is 26.2 Å². The second-order valence-corrected chi connectivity index (χ2v) is 11.2. The molecule has 0 bridgehead atoms. The van der Waals surface area contributed by atoms with Crippen LogP contribution in [0.25, 0.3) is 11.1 Å². The van der Waals surface area contributed by atoms with Crippen LogP contribution >= 0.6 is 0 Å². The lowest BCUT2D eigenvalue weighted by molar-refractivity contribution is -0.134. The van der Waals surface area contributed by atoms with Gasteiger partial charge in [0.1, 0.15) is 11.2 Å². The van der Waals surface area contributed by atoms with E-state index in [0.717, 1.165) is 43.7 Å². The third-order valence-corrected chi connectivity index (χ3v) is 8.76. The number of nitrogens with one attached hydrogen (secondary N) is 1. The molecule has 2 aliphatic carbocycles. The first-order valence-corrected chi connectivity index (χ1v) is 13.3. The summed E-state index contributed by atoms with van der Waals surface area (Å²) in [4.78, 5) is 31.8. The number of aromatic nitrogens is 1. The van der Waals surface area contributed by atoms with Crippen molar-refractivity contribution < 1.29 is 14.0 Å². The van der Waals surface area contributed by atoms with E-state index < -0.39 is 5.54 Å². The Labute approximate surface area is 202 Å². The predicted octanol–water partition coefficient (Wildman–Crippen LogP) is 4.41. The third kappa shape index (κ3) is 4.28. The molecule has 1 unspecified atom stereocenters. The van der Waals surface area contributed by atoms with Crippen LogP contribution in [0, 0.1) is 5.92 Å². The van der Waals surface area contributed by atoms with Crippen LogP contribution in [0.4, 0.5) is 0 Å². The molecule has 34 heavy (non-hydrogen) atoms. The Hall–Kier alpha value is -2.28. The molecule has 7 nitrogen and oxygen atoms in total. The van der Waals surface area contributed by atoms with Crippen molar-refractivity contribution >= 4 is 22.9 Å². The lowest BCUT2D eigenvalue weighted by Crippen LogP contribution is -2.66. The number of nitrogens with zero attached hydrogens (tertiary/aromatic N) is 3. The van der Waals surface area contributed by atoms with Crippen molar-refractivity contribution in [2.45, 2.75) is 95.8 Å². The van der Waals surface area contributed by atoms with Crippen LogP contribution in [0.15, 0.2) is 22.8 Å². The molecule has 2 aromatic heterocycles. The van der Waals surface area contributed by atoms with Crippen LogP contribution < -0.4 is 5.32 Å². The molecule has 0 saturated heterocycles. The van der Waals surface area contributed by atoms with Crippen molar-refractivity contribution in [3.05, 3.63) is 24.1 Å². The van der Waals surface area contributed by atoms with Crippen LogP contribution in [-0.4, -0.2) is 63.9 Å². The lowest BCUT2D eigenvalue weighted by atomic mass is 9.86. The molecular formula is C27H40N4O3. The molecule has 2 aromatic rings. The zero-order chi connectivity index (χ0) is 23.9. The molecule has 0 radical (unpaired) electrons. The summed E-state index contributed by atoms with van der Waals surface area (Å²) in [7, 11) is 2.17. The van der Waals surface area contributed by atoms with E-state index in [9.17, 15) is 9.59 Å². The van der Waals surface area contributed by atoms with E-state index in [2.05, 4.69) is 24.2 Å². The van der Waals surface area contributed by atoms with E-state index in [1.165, 1.54) is 32.1 Å². The van der Waals surface area contributed by atoms with Crippen LogP contribution in [0.2, 0.25) is 0 Å². The predicted molar refractivity (Wildman–Crippen MR) is 133 cm³/mol. The van der Waals surface area contributed by atoms with Gasteiger partial charge in [0, 0.05) is 37.3 Å². The van der Waals surface area contributed by atoms with Gasteiger partial charge in [-0.25, -0.2) is 0 Å². The van der Waals surface area contributed by atoms with Gasteiger partial charge in [-0.15, -0.1) is 0 Å². The molecule has 3 aliphatic rings. The molecule has 1 N–H and O–H groups in total. The van der Waals surface area contributed by atoms with E-state index in [0.29, 0.717) is 30.4 Å². The Balaban J connectivity index is 1.39. The molecule has 7 heteroatoms. The average Bonchev–Trinajstić information content (AvgIpc) is 3.43. The molecule has 186 valence electrons. The van der Waals surface area contributed by atoms with Crippen LogP contribution in [0.1, 0.15) is 82.1 Å². The number of carbonyl (C=O) groups is 2. The van der Waals surface area contributed by atoms with Crippen LogP contribution in [0.5, 0.6) is 0 Å². The first-order valence-electron chi connectivity index (χ1n) is 13.3. The lowest BCUT2D eigenvalue weighted by Gasteiger charge is -2.45. The summed E-state index contributed by atoms with van der Waals surface area (Å²) in [6, 6.07) is 4.49. The molecule has 1 aliphatic heterocycles. The highest BCUT2D eigenvalue weighted by Crippen LogP contribution is 2.34. The van der Waals surface area contributed by atoms with Crippen molar-refractivity contribution in [2.24, 2.45) is 5.92 Å². The fraction of sp³-hybridized carbons (Fsp3) is 0.704. The van der Waals surface area contributed by atoms with E-state index in [1.807, 2.05) is 28.5 Å². The van der Waals surface area contributed by atoms with E-state index in [1.54, 1.807) is 6.26 Å². The molecule has 0 spiro atoms. The fourth-order valence-electron chi connectivity index (χ4n) is 6.33. The Bertz CT molecular complexity index is 1030. The monoisotopic (exact) mass is 468 g/mol. The van der Waals surface area contributed by atoms with Crippen molar-refractivity contribution in [3.63, 3.8) is 0 Å². The quantitative estimate of drug-likeness (QED) is 0.682. The zero-order valence-electron chi connectivity index (χ0n) is 21.0. The number of fused-ring (bicyclic) bond motifs is 3. The Morgan fingerprint density at radius 1 is 1.18 bits per heavy atom. The Morgan fingerprint density at radius 2 is 1.91 bits per heavy atom. The molecule has 5 rings (SSSR count). The summed E-state index contributed by atoms with van der Waals surface area (Å²) in [6.07, 6.45) is 12.3. The summed E-state index contributed by atoms with van der Waals surface area (Å²) in [5.41, 5.74) is 1.26. The van der Waals surface area contributed by atoms with Crippen molar-refractivity contribution in [3.8, 4) is 0 Å². The first-order chi connectivity index (χ1) is 16.4. The molecule has 2 fully saturated rings. The minimum absolute atomic E-state index is 0.0308. The maximum Gasteiger partial charge on any atom is 0.271 e. The summed E-state index contributed by atoms with van der Waals surface area (Å²) in [5, 5.41) is 3.33. The Kier molecular flexibility index (Phi) is 6.49. The highest BCUT2D eigenvalue weighted by molar-refractivity contribution is 6.02. The van der Waals surface area contributed by atoms with E-state index in [-0.39, 0.29) is 17.9 Å². The number of amides is 2. The average molecular weight is 469 g/mol. The molecule has 2 saturated carbocycles. The second-order valence-electron chi connectivity index (χ2n) is 11.2. The first kappa shape index (κ1) is 23.5. The van der Waals surface area contributed by atoms with Gasteiger partial charge in [-0.05, 0) is 58.4 Å². The van der Waals surface area contributed by atoms with Crippen molar-refractivity contribution in [1.29, 1.82) is 0 Å². The third-order valence-electron chi connectivity index (χ3n) is 8.76. The molecule has 1 atom stereocenters. The Morgan fingerprint density at radius 3 is 2.65 bits per heavy atom. The largest absolute Gasteiger partial charge is 0.463 e. The van der Waals surface area contributed by atoms with Gasteiger partial charge in [0.2, 0.25) is 5.91 Å². The minimum Gasteiger partial charge on any atom is -0.463 e. The number of likely N-dealkylation sites (N-methyl/N-ethyl adjacent to an activating group) is 1. The van der Waals surface area contributed by atoms with E-state index >= 15 is 0 Å². The summed E-state index contributed by atoms with van der Waals surface area (Å²) in [6.45, 7) is 5.99. The molecule has 2 amide bonds. The maximum absolute atomic E-state index is 13.8. The van der Waals surface area contributed by atoms with Gasteiger partial charge < -0.3 is 24.1 Å². The summed E-state index contributed by atoms with van der Waals surface area (Å²) < 4.78 is 7.57. The highest BCUT2D eigenvalue weighted by atomic mass is 16.3. The van der Waals surface area contributed by atoms with Gasteiger partial charge in [0.25, 0.3) is 5.91 Å². The van der Waals surface area contributed by atoms with Gasteiger partial charge in [0.15, 0.2) is 5.58 Å². The topological polar surface area (TPSA) is 70.7 Å². The van der Waals surface area contributed by atoms with Gasteiger partial charge in [-0.3, -0.25) is 9.59 Å². The van der Waals surface area contributed by atoms with E-state index in [4.69, 9.17) is 4.42 Å². The second kappa shape index (κ2) is 9.40. The maximum atomic E-state index is 13.8. The molecule has 3 heterocycles. The van der Waals surface area contributed by atoms with Crippen molar-refractivity contribution in [1.82, 2.24) is 19.7 Å². The van der Waals surface area contributed by atoms with Crippen LogP contribution in [-0.2, 0) is 11.3 Å². The number of furan rings is 1. The number of hydrogen-bond donors (Lipinski definition) is 1. The fourth-order valence-corrected chi connectivity index (χ4v) is 6.33. The minimum atomic E-state index is -0.941. The summed E-state index contributed by atoms with van der Waals surface area (Å²) >= 11 is 0. The number of carbonyl (C=O) groups excluding carboxylic acids is 2. The molecular weight excluding hydrogens is 428 g/mol. The smallest absolute Gasteiger partial charge is 0.271 e. The van der Waals surface area contributed by atoms with Crippen LogP contribution in [0.3, 0.4) is 0 Å². The molecule has 0 aromatic carbocycles. The number of hydrogen-bond acceptors (Lipinski definition) is 4. The SMILES string of the molecule is CC1CCC(NC(=O)C2(C)Cn3c(cc4occc43)C(=O)N2CCN(C)C2CCCCC2)CC1. The van der Waals surface area contributed by atoms with Gasteiger partial charge in [0.05, 0.1) is 18.3 Å².